The van der Waals surface area contributed by atoms with Crippen LogP contribution in [0.1, 0.15) is 41.4 Å². The molecular formula is C29H41N6PS. The number of aromatic nitrogens is 2. The van der Waals surface area contributed by atoms with Crippen molar-refractivity contribution in [1.29, 1.82) is 0 Å². The van der Waals surface area contributed by atoms with Gasteiger partial charge in [-0.15, -0.1) is 0 Å². The lowest BCUT2D eigenvalue weighted by Crippen LogP contribution is -2.24. The zero-order chi connectivity index (χ0) is 26.8. The molecule has 1 aromatic heterocycles. The van der Waals surface area contributed by atoms with E-state index in [1.54, 1.807) is 0 Å². The highest BCUT2D eigenvalue weighted by Gasteiger charge is 2.11. The van der Waals surface area contributed by atoms with Crippen molar-refractivity contribution in [1.82, 2.24) is 25.1 Å². The van der Waals surface area contributed by atoms with Crippen molar-refractivity contribution in [2.24, 2.45) is 5.73 Å². The fraction of sp³-hybridized carbons (Fsp3) is 0.310. The van der Waals surface area contributed by atoms with Crippen molar-refractivity contribution >= 4 is 41.8 Å². The van der Waals surface area contributed by atoms with Crippen LogP contribution in [0, 0.1) is 13.8 Å². The first-order chi connectivity index (χ1) is 17.8. The van der Waals surface area contributed by atoms with Crippen molar-refractivity contribution < 1.29 is 0 Å². The molecule has 0 saturated carbocycles. The molecule has 5 N–H and O–H groups in total. The predicted molar refractivity (Wildman–Crippen MR) is 166 cm³/mol. The highest BCUT2D eigenvalue weighted by Crippen LogP contribution is 2.23. The lowest BCUT2D eigenvalue weighted by atomic mass is 10.0. The molecule has 0 fully saturated rings. The van der Waals surface area contributed by atoms with E-state index in [1.807, 2.05) is 17.9 Å². The number of rotatable bonds is 14. The van der Waals surface area contributed by atoms with Gasteiger partial charge in [0.05, 0.1) is 18.1 Å². The molecule has 0 bridgehead atoms. The normalized spacial score (nSPS) is 13.7. The molecule has 8 heteroatoms. The first-order valence-corrected chi connectivity index (χ1v) is 15.5. The number of hydrogen-bond donors (Lipinski definition) is 4. The van der Waals surface area contributed by atoms with Crippen LogP contribution < -0.4 is 26.4 Å². The molecule has 1 heterocycles. The third-order valence-electron chi connectivity index (χ3n) is 6.33. The van der Waals surface area contributed by atoms with Crippen LogP contribution in [0.25, 0.3) is 11.4 Å². The minimum Gasteiger partial charge on any atom is -0.370 e. The Bertz CT molecular complexity index is 1230. The van der Waals surface area contributed by atoms with Crippen LogP contribution in [0.3, 0.4) is 0 Å². The highest BCUT2D eigenvalue weighted by atomic mass is 32.2. The summed E-state index contributed by atoms with van der Waals surface area (Å²) in [5, 5.41) is 12.6. The van der Waals surface area contributed by atoms with E-state index in [2.05, 4.69) is 108 Å². The van der Waals surface area contributed by atoms with Crippen LogP contribution in [-0.4, -0.2) is 42.5 Å². The number of hydrogen-bond acceptors (Lipinski definition) is 5. The zero-order valence-corrected chi connectivity index (χ0v) is 24.3. The van der Waals surface area contributed by atoms with E-state index < -0.39 is 0 Å². The number of allylic oxidation sites excluding steroid dienone is 2. The number of nitrogens with two attached hydrogens (primary N) is 1. The van der Waals surface area contributed by atoms with E-state index in [-0.39, 0.29) is 16.8 Å². The Balaban J connectivity index is 1.56. The maximum Gasteiger partial charge on any atom is 0.128 e. The fourth-order valence-corrected chi connectivity index (χ4v) is 5.69. The topological polar surface area (TPSA) is 79.9 Å². The number of nitrogens with zero attached hydrogens (tertiary/aromatic N) is 2. The third-order valence-corrected chi connectivity index (χ3v) is 8.75. The van der Waals surface area contributed by atoms with Gasteiger partial charge in [-0.25, -0.2) is 4.68 Å². The van der Waals surface area contributed by atoms with Gasteiger partial charge in [-0.3, -0.25) is 4.72 Å². The van der Waals surface area contributed by atoms with Crippen LogP contribution in [0.2, 0.25) is 0 Å². The molecule has 3 atom stereocenters. The summed E-state index contributed by atoms with van der Waals surface area (Å²) < 4.78 is 5.56. The average Bonchev–Trinajstić information content (AvgIpc) is 3.29. The van der Waals surface area contributed by atoms with Crippen molar-refractivity contribution in [3.63, 3.8) is 0 Å². The number of aryl methyl sites for hydroxylation is 1. The van der Waals surface area contributed by atoms with Crippen LogP contribution >= 0.6 is 19.3 Å². The molecular weight excluding hydrogens is 495 g/mol. The predicted octanol–water partition coefficient (Wildman–Crippen LogP) is 4.76. The molecule has 2 aromatic carbocycles. The minimum atomic E-state index is -0.251. The molecule has 3 rings (SSSR count). The van der Waals surface area contributed by atoms with Crippen LogP contribution in [0.5, 0.6) is 0 Å². The number of nitrogens with one attached hydrogen (secondary N) is 3. The fourth-order valence-electron chi connectivity index (χ4n) is 4.01. The molecule has 0 aliphatic rings. The molecule has 3 aromatic rings. The summed E-state index contributed by atoms with van der Waals surface area (Å²) in [4.78, 5) is 1.19. The van der Waals surface area contributed by atoms with E-state index in [9.17, 15) is 0 Å². The molecule has 37 heavy (non-hydrogen) atoms. The number of benzene rings is 2. The number of unbranched alkanes of at least 4 members (excludes halogenated alkanes) is 1. The first-order valence-electron chi connectivity index (χ1n) is 12.6. The van der Waals surface area contributed by atoms with Crippen molar-refractivity contribution in [3.05, 3.63) is 89.8 Å². The Morgan fingerprint density at radius 2 is 1.84 bits per heavy atom. The first kappa shape index (κ1) is 29.0. The van der Waals surface area contributed by atoms with Crippen molar-refractivity contribution in [2.75, 3.05) is 26.8 Å². The largest absolute Gasteiger partial charge is 0.370 e. The smallest absolute Gasteiger partial charge is 0.128 e. The highest BCUT2D eigenvalue weighted by molar-refractivity contribution is 8.12. The molecule has 0 aliphatic heterocycles. The van der Waals surface area contributed by atoms with Gasteiger partial charge >= 0.3 is 0 Å². The van der Waals surface area contributed by atoms with Gasteiger partial charge in [0.25, 0.3) is 0 Å². The van der Waals surface area contributed by atoms with E-state index in [1.165, 1.54) is 21.5 Å². The standard InChI is InChI=1S/C29H41N6PS/c1-21-11-7-8-12-26(21)22(2)19-28(35-23(3)27(36-5)20-33-35)32-17-9-10-18-34-37(6)25-15-13-24(14-16-25)29(30)31-4/h7-8,11-16,19-20,29,31-32,34,36H,2,6,9-10,17-18,30H2,1,3-5H3/b28-19-. The van der Waals surface area contributed by atoms with Crippen LogP contribution in [0.4, 0.5) is 0 Å². The SMILES string of the molecule is C=C(/C=C(/NCCCCNS(=C)c1ccc(C(N)NC)cc1)n1ncc(PC)c1C)c1ccccc1C. The Hall–Kier alpha value is -2.54. The van der Waals surface area contributed by atoms with Gasteiger partial charge < -0.3 is 16.4 Å². The van der Waals surface area contributed by atoms with Gasteiger partial charge in [0.2, 0.25) is 0 Å². The van der Waals surface area contributed by atoms with Gasteiger partial charge in [0.1, 0.15) is 5.82 Å². The second-order valence-electron chi connectivity index (χ2n) is 8.93. The quantitative estimate of drug-likeness (QED) is 0.0786. The van der Waals surface area contributed by atoms with Crippen LogP contribution in [-0.2, 0) is 0 Å². The summed E-state index contributed by atoms with van der Waals surface area (Å²) in [7, 11) is 2.32. The van der Waals surface area contributed by atoms with Gasteiger partial charge in [-0.2, -0.15) is 5.10 Å². The van der Waals surface area contributed by atoms with Gasteiger partial charge in [0.15, 0.2) is 0 Å². The zero-order valence-electron chi connectivity index (χ0n) is 22.5. The van der Waals surface area contributed by atoms with E-state index in [4.69, 9.17) is 5.73 Å². The monoisotopic (exact) mass is 536 g/mol. The molecule has 0 amide bonds. The Morgan fingerprint density at radius 1 is 1.14 bits per heavy atom. The van der Waals surface area contributed by atoms with Gasteiger partial charge in [-0.1, -0.05) is 68.1 Å². The summed E-state index contributed by atoms with van der Waals surface area (Å²) in [5.41, 5.74) is 11.6. The van der Waals surface area contributed by atoms with E-state index in [0.29, 0.717) is 8.58 Å². The molecule has 3 unspecified atom stereocenters. The maximum atomic E-state index is 6.02. The van der Waals surface area contributed by atoms with Crippen molar-refractivity contribution in [2.45, 2.75) is 37.8 Å². The summed E-state index contributed by atoms with van der Waals surface area (Å²) >= 11 is 0. The molecule has 0 aliphatic carbocycles. The van der Waals surface area contributed by atoms with E-state index >= 15 is 0 Å². The third kappa shape index (κ3) is 7.97. The lowest BCUT2D eigenvalue weighted by Gasteiger charge is -2.16. The lowest BCUT2D eigenvalue weighted by molar-refractivity contribution is 0.622. The molecule has 198 valence electrons. The van der Waals surface area contributed by atoms with E-state index in [0.717, 1.165) is 48.5 Å². The molecule has 6 nitrogen and oxygen atoms in total. The summed E-state index contributed by atoms with van der Waals surface area (Å²) in [6.07, 6.45) is 6.00. The summed E-state index contributed by atoms with van der Waals surface area (Å²) in [5.74, 6) is 5.26. The molecule has 0 saturated heterocycles. The molecule has 0 radical (unpaired) electrons. The van der Waals surface area contributed by atoms with Crippen LogP contribution in [0.15, 0.2) is 72.3 Å². The van der Waals surface area contributed by atoms with Gasteiger partial charge in [0, 0.05) is 23.3 Å². The maximum absolute atomic E-state index is 6.02. The summed E-state index contributed by atoms with van der Waals surface area (Å²) in [6, 6.07) is 16.7. The molecule has 0 spiro atoms. The minimum absolute atomic E-state index is 0.145. The summed E-state index contributed by atoms with van der Waals surface area (Å²) in [6.45, 7) is 12.5. The van der Waals surface area contributed by atoms with Gasteiger partial charge in [-0.05, 0) is 80.9 Å². The Kier molecular flexibility index (Phi) is 11.3. The Morgan fingerprint density at radius 3 is 2.49 bits per heavy atom. The Labute approximate surface area is 226 Å². The second-order valence-corrected chi connectivity index (χ2v) is 11.5. The second kappa shape index (κ2) is 14.4. The van der Waals surface area contributed by atoms with Crippen molar-refractivity contribution in [3.8, 4) is 0 Å². The average molecular weight is 537 g/mol.